The van der Waals surface area contributed by atoms with Crippen LogP contribution in [-0.2, 0) is 6.54 Å². The maximum Gasteiger partial charge on any atom is 0.191 e. The Labute approximate surface area is 126 Å². The molecule has 1 heterocycles. The quantitative estimate of drug-likeness (QED) is 0.665. The summed E-state index contributed by atoms with van der Waals surface area (Å²) in [6, 6.07) is 0.567. The summed E-state index contributed by atoms with van der Waals surface area (Å²) in [5.74, 6) is 1.78. The second-order valence-corrected chi connectivity index (χ2v) is 7.06. The molecule has 0 aliphatic heterocycles. The van der Waals surface area contributed by atoms with Gasteiger partial charge in [0.05, 0.1) is 12.2 Å². The molecule has 1 aliphatic carbocycles. The van der Waals surface area contributed by atoms with Gasteiger partial charge < -0.3 is 10.6 Å². The van der Waals surface area contributed by atoms with E-state index in [1.54, 1.807) is 11.3 Å². The summed E-state index contributed by atoms with van der Waals surface area (Å²) in [5, 5.41) is 8.03. The highest BCUT2D eigenvalue weighted by Crippen LogP contribution is 2.23. The third kappa shape index (κ3) is 4.20. The molecular formula is C15H26N4S. The molecule has 0 bridgehead atoms. The highest BCUT2D eigenvalue weighted by Gasteiger charge is 2.18. The molecule has 1 fully saturated rings. The number of hydrogen-bond donors (Lipinski definition) is 2. The lowest BCUT2D eigenvalue weighted by molar-refractivity contribution is 0.329. The van der Waals surface area contributed by atoms with Crippen molar-refractivity contribution in [3.8, 4) is 0 Å². The van der Waals surface area contributed by atoms with E-state index < -0.39 is 0 Å². The topological polar surface area (TPSA) is 49.3 Å². The highest BCUT2D eigenvalue weighted by atomic mass is 32.1. The van der Waals surface area contributed by atoms with Crippen LogP contribution in [0.25, 0.3) is 0 Å². The van der Waals surface area contributed by atoms with Gasteiger partial charge in [0.1, 0.15) is 5.01 Å². The zero-order valence-electron chi connectivity index (χ0n) is 13.0. The monoisotopic (exact) mass is 294 g/mol. The van der Waals surface area contributed by atoms with Crippen LogP contribution in [0.5, 0.6) is 0 Å². The van der Waals surface area contributed by atoms with Gasteiger partial charge in [0.15, 0.2) is 5.96 Å². The predicted octanol–water partition coefficient (Wildman–Crippen LogP) is 3.00. The van der Waals surface area contributed by atoms with E-state index in [4.69, 9.17) is 0 Å². The molecular weight excluding hydrogens is 268 g/mol. The second-order valence-electron chi connectivity index (χ2n) is 5.78. The summed E-state index contributed by atoms with van der Waals surface area (Å²) in [6.45, 7) is 7.27. The molecule has 0 atom stereocenters. The van der Waals surface area contributed by atoms with Crippen molar-refractivity contribution in [1.29, 1.82) is 0 Å². The van der Waals surface area contributed by atoms with Crippen molar-refractivity contribution < 1.29 is 0 Å². The minimum absolute atomic E-state index is 0.567. The Hall–Kier alpha value is -1.10. The first-order chi connectivity index (χ1) is 9.58. The smallest absolute Gasteiger partial charge is 0.191 e. The fourth-order valence-corrected chi connectivity index (χ4v) is 3.44. The fraction of sp³-hybridized carbons (Fsp3) is 0.733. The molecule has 1 aliphatic rings. The fourth-order valence-electron chi connectivity index (χ4n) is 2.57. The van der Waals surface area contributed by atoms with E-state index in [2.05, 4.69) is 41.4 Å². The number of rotatable bonds is 3. The molecule has 0 unspecified atom stereocenters. The van der Waals surface area contributed by atoms with Crippen LogP contribution in [0.1, 0.15) is 48.2 Å². The first-order valence-electron chi connectivity index (χ1n) is 7.48. The van der Waals surface area contributed by atoms with Crippen LogP contribution in [0.2, 0.25) is 0 Å². The second kappa shape index (κ2) is 7.07. The maximum absolute atomic E-state index is 4.55. The van der Waals surface area contributed by atoms with E-state index in [1.165, 1.54) is 30.6 Å². The van der Waals surface area contributed by atoms with Gasteiger partial charge >= 0.3 is 0 Å². The van der Waals surface area contributed by atoms with Crippen molar-refractivity contribution in [2.45, 2.75) is 59.0 Å². The van der Waals surface area contributed by atoms with Crippen LogP contribution in [0, 0.1) is 19.8 Å². The summed E-state index contributed by atoms with van der Waals surface area (Å²) in [7, 11) is 1.83. The summed E-state index contributed by atoms with van der Waals surface area (Å²) in [5.41, 5.74) is 1.14. The van der Waals surface area contributed by atoms with E-state index >= 15 is 0 Å². The summed E-state index contributed by atoms with van der Waals surface area (Å²) < 4.78 is 0. The lowest BCUT2D eigenvalue weighted by Gasteiger charge is -2.28. The third-order valence-electron chi connectivity index (χ3n) is 4.06. The summed E-state index contributed by atoms with van der Waals surface area (Å²) >= 11 is 1.76. The molecule has 2 rings (SSSR count). The number of nitrogens with one attached hydrogen (secondary N) is 2. The molecule has 2 N–H and O–H groups in total. The number of nitrogens with zero attached hydrogens (tertiary/aromatic N) is 2. The van der Waals surface area contributed by atoms with Crippen molar-refractivity contribution in [1.82, 2.24) is 15.6 Å². The molecule has 5 heteroatoms. The largest absolute Gasteiger partial charge is 0.354 e. The predicted molar refractivity (Wildman–Crippen MR) is 86.3 cm³/mol. The molecule has 0 saturated heterocycles. The van der Waals surface area contributed by atoms with Gasteiger partial charge in [-0.05, 0) is 45.4 Å². The molecule has 1 aromatic rings. The number of hydrogen-bond acceptors (Lipinski definition) is 3. The zero-order valence-corrected chi connectivity index (χ0v) is 13.8. The Morgan fingerprint density at radius 2 is 2.00 bits per heavy atom. The third-order valence-corrected chi connectivity index (χ3v) is 5.13. The van der Waals surface area contributed by atoms with Gasteiger partial charge in [-0.1, -0.05) is 6.92 Å². The number of aryl methyl sites for hydroxylation is 2. The van der Waals surface area contributed by atoms with Gasteiger partial charge in [0.2, 0.25) is 0 Å². The minimum atomic E-state index is 0.567. The van der Waals surface area contributed by atoms with E-state index in [9.17, 15) is 0 Å². The van der Waals surface area contributed by atoms with Gasteiger partial charge in [-0.25, -0.2) is 4.98 Å². The van der Waals surface area contributed by atoms with Crippen molar-refractivity contribution in [3.63, 3.8) is 0 Å². The van der Waals surface area contributed by atoms with Crippen molar-refractivity contribution in [2.24, 2.45) is 10.9 Å². The normalized spacial score (nSPS) is 23.7. The summed E-state index contributed by atoms with van der Waals surface area (Å²) in [4.78, 5) is 10.2. The molecule has 1 aromatic heterocycles. The van der Waals surface area contributed by atoms with E-state index in [0.717, 1.165) is 29.1 Å². The Bertz CT molecular complexity index is 439. The van der Waals surface area contributed by atoms with E-state index in [-0.39, 0.29) is 0 Å². The molecule has 20 heavy (non-hydrogen) atoms. The van der Waals surface area contributed by atoms with Crippen molar-refractivity contribution in [2.75, 3.05) is 7.05 Å². The number of aromatic nitrogens is 1. The van der Waals surface area contributed by atoms with Gasteiger partial charge in [-0.3, -0.25) is 4.99 Å². The first-order valence-corrected chi connectivity index (χ1v) is 8.30. The molecule has 0 amide bonds. The SMILES string of the molecule is CN=C(NCc1nc(C)c(C)s1)NC1CCC(C)CC1. The zero-order chi connectivity index (χ0) is 14.5. The van der Waals surface area contributed by atoms with E-state index in [1.807, 2.05) is 7.05 Å². The van der Waals surface area contributed by atoms with Crippen molar-refractivity contribution in [3.05, 3.63) is 15.6 Å². The van der Waals surface area contributed by atoms with Crippen LogP contribution in [0.4, 0.5) is 0 Å². The molecule has 1 saturated carbocycles. The van der Waals surface area contributed by atoms with Crippen LogP contribution in [0.15, 0.2) is 4.99 Å². The Morgan fingerprint density at radius 3 is 2.55 bits per heavy atom. The Kier molecular flexibility index (Phi) is 5.40. The molecule has 4 nitrogen and oxygen atoms in total. The minimum Gasteiger partial charge on any atom is -0.354 e. The maximum atomic E-state index is 4.55. The van der Waals surface area contributed by atoms with Gasteiger partial charge in [0, 0.05) is 18.0 Å². The van der Waals surface area contributed by atoms with Crippen molar-refractivity contribution >= 4 is 17.3 Å². The molecule has 112 valence electrons. The standard InChI is InChI=1S/C15H26N4S/c1-10-5-7-13(8-6-10)19-15(16-4)17-9-14-18-11(2)12(3)20-14/h10,13H,5-9H2,1-4H3,(H2,16,17,19). The molecule has 0 aromatic carbocycles. The van der Waals surface area contributed by atoms with Crippen LogP contribution < -0.4 is 10.6 Å². The average molecular weight is 294 g/mol. The first kappa shape index (κ1) is 15.3. The number of aliphatic imine (C=N–C) groups is 1. The number of thiazole rings is 1. The van der Waals surface area contributed by atoms with Crippen LogP contribution in [-0.4, -0.2) is 24.0 Å². The molecule has 0 radical (unpaired) electrons. The number of guanidine groups is 1. The van der Waals surface area contributed by atoms with Gasteiger partial charge in [0.25, 0.3) is 0 Å². The van der Waals surface area contributed by atoms with E-state index in [0.29, 0.717) is 6.04 Å². The summed E-state index contributed by atoms with van der Waals surface area (Å²) in [6.07, 6.45) is 5.13. The Balaban J connectivity index is 1.81. The lowest BCUT2D eigenvalue weighted by atomic mass is 9.87. The highest BCUT2D eigenvalue weighted by molar-refractivity contribution is 7.11. The van der Waals surface area contributed by atoms with Crippen LogP contribution >= 0.6 is 11.3 Å². The molecule has 0 spiro atoms. The van der Waals surface area contributed by atoms with Gasteiger partial charge in [-0.15, -0.1) is 11.3 Å². The lowest BCUT2D eigenvalue weighted by Crippen LogP contribution is -2.44. The average Bonchev–Trinajstić information content (AvgIpc) is 2.76. The van der Waals surface area contributed by atoms with Gasteiger partial charge in [-0.2, -0.15) is 0 Å². The van der Waals surface area contributed by atoms with Crippen LogP contribution in [0.3, 0.4) is 0 Å². The Morgan fingerprint density at radius 1 is 1.30 bits per heavy atom.